The zero-order valence-corrected chi connectivity index (χ0v) is 18.5. The van der Waals surface area contributed by atoms with E-state index in [0.717, 1.165) is 48.9 Å². The molecule has 0 radical (unpaired) electrons. The van der Waals surface area contributed by atoms with Crippen LogP contribution in [0, 0.1) is 52.3 Å². The van der Waals surface area contributed by atoms with Crippen molar-refractivity contribution in [3.63, 3.8) is 0 Å². The van der Waals surface area contributed by atoms with Gasteiger partial charge in [0.05, 0.1) is 5.54 Å². The highest BCUT2D eigenvalue weighted by molar-refractivity contribution is 5.89. The number of hydrogen-bond donors (Lipinski definition) is 1. The van der Waals surface area contributed by atoms with E-state index in [-0.39, 0.29) is 17.7 Å². The van der Waals surface area contributed by atoms with E-state index in [1.807, 2.05) is 6.07 Å². The van der Waals surface area contributed by atoms with E-state index in [1.54, 1.807) is 16.9 Å². The lowest BCUT2D eigenvalue weighted by Gasteiger charge is -2.57. The molecule has 4 aliphatic rings. The molecule has 4 saturated carbocycles. The number of fused-ring (bicyclic) bond motifs is 5. The molecule has 5 heteroatoms. The van der Waals surface area contributed by atoms with Crippen LogP contribution in [-0.2, 0) is 11.3 Å². The van der Waals surface area contributed by atoms with Crippen LogP contribution in [0.25, 0.3) is 0 Å². The molecule has 1 aromatic heterocycles. The molecule has 8 atom stereocenters. The van der Waals surface area contributed by atoms with Crippen LogP contribution in [0.4, 0.5) is 0 Å². The molecular weight excluding hydrogens is 372 g/mol. The standard InChI is InChI=1S/C25H36N4O/c1-16-3-5-19-17(13-16)4-6-21-20(19)7-10-24(2)22(21)8-11-25(24,27)23(30)15-29-12-9-18(14-26)28-29/h9,12,16-17,19-22H,3-8,10-11,13,15,27H2,1-2H3/t16?,17?,19?,20?,21?,22-,24?,25-/m0/s1. The predicted molar refractivity (Wildman–Crippen MR) is 115 cm³/mol. The minimum absolute atomic E-state index is 0.0960. The van der Waals surface area contributed by atoms with E-state index >= 15 is 0 Å². The molecule has 5 rings (SSSR count). The van der Waals surface area contributed by atoms with Gasteiger partial charge in [0.1, 0.15) is 12.6 Å². The predicted octanol–water partition coefficient (Wildman–Crippen LogP) is 4.31. The van der Waals surface area contributed by atoms with E-state index in [1.165, 1.54) is 38.5 Å². The summed E-state index contributed by atoms with van der Waals surface area (Å²) in [7, 11) is 0. The zero-order valence-electron chi connectivity index (χ0n) is 18.5. The summed E-state index contributed by atoms with van der Waals surface area (Å²) in [4.78, 5) is 13.4. The average molecular weight is 409 g/mol. The average Bonchev–Trinajstić information content (AvgIpc) is 3.30. The maximum absolute atomic E-state index is 13.4. The molecule has 0 amide bonds. The molecule has 6 unspecified atom stereocenters. The summed E-state index contributed by atoms with van der Waals surface area (Å²) in [6, 6.07) is 3.69. The number of carbonyl (C=O) groups excluding carboxylic acids is 1. The van der Waals surface area contributed by atoms with Gasteiger partial charge in [0, 0.05) is 6.20 Å². The molecule has 0 bridgehead atoms. The minimum atomic E-state index is -0.765. The molecule has 4 fully saturated rings. The van der Waals surface area contributed by atoms with Gasteiger partial charge in [-0.25, -0.2) is 0 Å². The van der Waals surface area contributed by atoms with E-state index in [4.69, 9.17) is 11.0 Å². The molecule has 0 saturated heterocycles. The van der Waals surface area contributed by atoms with Crippen LogP contribution < -0.4 is 5.73 Å². The monoisotopic (exact) mass is 408 g/mol. The molecule has 162 valence electrons. The van der Waals surface area contributed by atoms with Crippen molar-refractivity contribution in [2.75, 3.05) is 0 Å². The lowest BCUT2D eigenvalue weighted by molar-refractivity contribution is -0.134. The Balaban J connectivity index is 1.35. The smallest absolute Gasteiger partial charge is 0.174 e. The third-order valence-corrected chi connectivity index (χ3v) is 10.0. The van der Waals surface area contributed by atoms with Crippen molar-refractivity contribution in [2.45, 2.75) is 83.7 Å². The minimum Gasteiger partial charge on any atom is -0.318 e. The number of aromatic nitrogens is 2. The van der Waals surface area contributed by atoms with Crippen LogP contribution in [0.2, 0.25) is 0 Å². The lowest BCUT2D eigenvalue weighted by Crippen LogP contribution is -2.62. The summed E-state index contributed by atoms with van der Waals surface area (Å²) >= 11 is 0. The summed E-state index contributed by atoms with van der Waals surface area (Å²) in [5, 5.41) is 13.2. The second-order valence-corrected chi connectivity index (χ2v) is 11.3. The lowest BCUT2D eigenvalue weighted by atomic mass is 9.48. The number of Topliss-reactive ketones (excluding diaryl/α,β-unsaturated/α-hetero) is 1. The van der Waals surface area contributed by atoms with Crippen molar-refractivity contribution >= 4 is 5.78 Å². The molecule has 0 aliphatic heterocycles. The zero-order chi connectivity index (χ0) is 21.1. The topological polar surface area (TPSA) is 84.7 Å². The SMILES string of the molecule is CC1CCC2C(CCC3C2CCC2(C)[C@H]3CC[C@]2(N)C(=O)Cn2ccc(C#N)n2)C1. The van der Waals surface area contributed by atoms with Crippen molar-refractivity contribution in [3.8, 4) is 6.07 Å². The summed E-state index contributed by atoms with van der Waals surface area (Å²) in [6.07, 6.45) is 12.9. The van der Waals surface area contributed by atoms with Gasteiger partial charge in [0.15, 0.2) is 11.5 Å². The van der Waals surface area contributed by atoms with Gasteiger partial charge < -0.3 is 5.73 Å². The van der Waals surface area contributed by atoms with Gasteiger partial charge in [-0.2, -0.15) is 10.4 Å². The summed E-state index contributed by atoms with van der Waals surface area (Å²) in [5.41, 5.74) is 6.47. The number of nitrogens with two attached hydrogens (primary N) is 1. The largest absolute Gasteiger partial charge is 0.318 e. The second-order valence-electron chi connectivity index (χ2n) is 11.3. The number of hydrogen-bond acceptors (Lipinski definition) is 4. The Hall–Kier alpha value is -1.67. The van der Waals surface area contributed by atoms with Crippen molar-refractivity contribution < 1.29 is 4.79 Å². The van der Waals surface area contributed by atoms with Gasteiger partial charge in [-0.05, 0) is 98.4 Å². The van der Waals surface area contributed by atoms with Crippen LogP contribution in [0.3, 0.4) is 0 Å². The maximum Gasteiger partial charge on any atom is 0.174 e. The number of nitrogens with zero attached hydrogens (tertiary/aromatic N) is 3. The highest BCUT2D eigenvalue weighted by Crippen LogP contribution is 2.65. The Morgan fingerprint density at radius 1 is 1.20 bits per heavy atom. The van der Waals surface area contributed by atoms with Crippen LogP contribution in [0.1, 0.15) is 77.3 Å². The van der Waals surface area contributed by atoms with Crippen LogP contribution >= 0.6 is 0 Å². The van der Waals surface area contributed by atoms with Crippen molar-refractivity contribution in [1.29, 1.82) is 5.26 Å². The summed E-state index contributed by atoms with van der Waals surface area (Å²) in [6.45, 7) is 4.93. The molecule has 30 heavy (non-hydrogen) atoms. The highest BCUT2D eigenvalue weighted by Gasteiger charge is 2.64. The van der Waals surface area contributed by atoms with Gasteiger partial charge in [0.2, 0.25) is 0 Å². The third kappa shape index (κ3) is 2.90. The Labute approximate surface area is 180 Å². The van der Waals surface area contributed by atoms with Crippen molar-refractivity contribution in [1.82, 2.24) is 9.78 Å². The molecular formula is C25H36N4O. The first-order valence-corrected chi connectivity index (χ1v) is 12.1. The van der Waals surface area contributed by atoms with Crippen molar-refractivity contribution in [3.05, 3.63) is 18.0 Å². The molecule has 5 nitrogen and oxygen atoms in total. The van der Waals surface area contributed by atoms with E-state index in [2.05, 4.69) is 18.9 Å². The van der Waals surface area contributed by atoms with Gasteiger partial charge in [0.25, 0.3) is 0 Å². The fraction of sp³-hybridized carbons (Fsp3) is 0.800. The normalized spacial score (nSPS) is 45.1. The highest BCUT2D eigenvalue weighted by atomic mass is 16.1. The number of carbonyl (C=O) groups is 1. The summed E-state index contributed by atoms with van der Waals surface area (Å²) in [5.74, 6) is 5.06. The van der Waals surface area contributed by atoms with E-state index in [9.17, 15) is 4.79 Å². The van der Waals surface area contributed by atoms with Gasteiger partial charge in [-0.1, -0.05) is 20.3 Å². The van der Waals surface area contributed by atoms with Crippen LogP contribution in [0.5, 0.6) is 0 Å². The maximum atomic E-state index is 13.4. The van der Waals surface area contributed by atoms with Crippen molar-refractivity contribution in [2.24, 2.45) is 46.7 Å². The summed E-state index contributed by atoms with van der Waals surface area (Å²) < 4.78 is 1.59. The molecule has 0 spiro atoms. The van der Waals surface area contributed by atoms with Crippen LogP contribution in [-0.4, -0.2) is 21.1 Å². The molecule has 1 aromatic rings. The molecule has 0 aromatic carbocycles. The first kappa shape index (κ1) is 20.2. The van der Waals surface area contributed by atoms with E-state index < -0.39 is 5.54 Å². The Bertz CT molecular complexity index is 871. The van der Waals surface area contributed by atoms with Gasteiger partial charge >= 0.3 is 0 Å². The fourth-order valence-corrected chi connectivity index (χ4v) is 8.42. The second kappa shape index (κ2) is 7.19. The Morgan fingerprint density at radius 3 is 2.77 bits per heavy atom. The first-order chi connectivity index (χ1) is 14.4. The Kier molecular flexibility index (Phi) is 4.85. The van der Waals surface area contributed by atoms with Gasteiger partial charge in [-0.15, -0.1) is 0 Å². The van der Waals surface area contributed by atoms with Gasteiger partial charge in [-0.3, -0.25) is 9.48 Å². The fourth-order valence-electron chi connectivity index (χ4n) is 8.42. The number of ketones is 1. The molecule has 1 heterocycles. The number of rotatable bonds is 3. The third-order valence-electron chi connectivity index (χ3n) is 10.0. The quantitative estimate of drug-likeness (QED) is 0.807. The molecule has 4 aliphatic carbocycles. The Morgan fingerprint density at radius 2 is 2.00 bits per heavy atom. The number of nitriles is 1. The van der Waals surface area contributed by atoms with Crippen LogP contribution in [0.15, 0.2) is 12.3 Å². The first-order valence-electron chi connectivity index (χ1n) is 12.1. The molecule has 2 N–H and O–H groups in total. The van der Waals surface area contributed by atoms with E-state index in [0.29, 0.717) is 11.6 Å².